The lowest BCUT2D eigenvalue weighted by Crippen LogP contribution is -2.50. The predicted molar refractivity (Wildman–Crippen MR) is 123 cm³/mol. The number of carbonyl (C=O) groups excluding carboxylic acids is 1. The molecule has 1 aromatic rings. The van der Waals surface area contributed by atoms with Gasteiger partial charge in [-0.3, -0.25) is 9.69 Å². The van der Waals surface area contributed by atoms with E-state index in [-0.39, 0.29) is 29.9 Å². The van der Waals surface area contributed by atoms with Crippen LogP contribution >= 0.6 is 24.0 Å². The van der Waals surface area contributed by atoms with Gasteiger partial charge in [0.15, 0.2) is 5.96 Å². The van der Waals surface area contributed by atoms with Gasteiger partial charge in [-0.2, -0.15) is 0 Å². The lowest BCUT2D eigenvalue weighted by Gasteiger charge is -2.32. The van der Waals surface area contributed by atoms with Crippen LogP contribution in [-0.4, -0.2) is 56.0 Å². The average molecular weight is 487 g/mol. The maximum absolute atomic E-state index is 11.5. The number of benzene rings is 1. The Morgan fingerprint density at radius 3 is 2.44 bits per heavy atom. The highest BCUT2D eigenvalue weighted by atomic mass is 127. The standard InChI is InChI=1S/C20H33N5O.HI/c1-4-16-8-6-7-9-17(16)14-23-20(22-5-2)24-18-10-12-25(13-11-18)15-19(26)21-3;/h6-9,18H,4-5,10-15H2,1-3H3,(H,21,26)(H2,22,23,24);1H. The highest BCUT2D eigenvalue weighted by Crippen LogP contribution is 2.12. The predicted octanol–water partition coefficient (Wildman–Crippen LogP) is 2.13. The number of rotatable bonds is 7. The molecule has 0 aliphatic carbocycles. The van der Waals surface area contributed by atoms with Gasteiger partial charge in [-0.05, 0) is 37.3 Å². The summed E-state index contributed by atoms with van der Waals surface area (Å²) in [4.78, 5) is 18.5. The van der Waals surface area contributed by atoms with Gasteiger partial charge in [0.1, 0.15) is 0 Å². The molecule has 1 fully saturated rings. The summed E-state index contributed by atoms with van der Waals surface area (Å²) in [6.45, 7) is 8.16. The average Bonchev–Trinajstić information content (AvgIpc) is 2.67. The number of amides is 1. The van der Waals surface area contributed by atoms with E-state index in [2.05, 4.69) is 59.0 Å². The molecule has 1 aliphatic heterocycles. The summed E-state index contributed by atoms with van der Waals surface area (Å²) in [5.41, 5.74) is 2.64. The van der Waals surface area contributed by atoms with Crippen LogP contribution in [0.15, 0.2) is 29.3 Å². The fourth-order valence-corrected chi connectivity index (χ4v) is 3.25. The van der Waals surface area contributed by atoms with E-state index >= 15 is 0 Å². The summed E-state index contributed by atoms with van der Waals surface area (Å²) in [6.07, 6.45) is 3.07. The molecule has 7 heteroatoms. The van der Waals surface area contributed by atoms with Crippen molar-refractivity contribution >= 4 is 35.8 Å². The Morgan fingerprint density at radius 2 is 1.85 bits per heavy atom. The maximum Gasteiger partial charge on any atom is 0.233 e. The smallest absolute Gasteiger partial charge is 0.233 e. The number of hydrogen-bond donors (Lipinski definition) is 3. The van der Waals surface area contributed by atoms with Crippen LogP contribution in [-0.2, 0) is 17.8 Å². The van der Waals surface area contributed by atoms with Crippen molar-refractivity contribution in [1.82, 2.24) is 20.9 Å². The summed E-state index contributed by atoms with van der Waals surface area (Å²) in [5.74, 6) is 0.962. The molecular formula is C20H34IN5O. The summed E-state index contributed by atoms with van der Waals surface area (Å²) < 4.78 is 0. The van der Waals surface area contributed by atoms with Gasteiger partial charge >= 0.3 is 0 Å². The number of piperidine rings is 1. The van der Waals surface area contributed by atoms with Crippen LogP contribution in [0.3, 0.4) is 0 Å². The topological polar surface area (TPSA) is 68.8 Å². The number of likely N-dealkylation sites (N-methyl/N-ethyl adjacent to an activating group) is 1. The molecule has 6 nitrogen and oxygen atoms in total. The number of likely N-dealkylation sites (tertiary alicyclic amines) is 1. The molecule has 0 saturated carbocycles. The van der Waals surface area contributed by atoms with Crippen molar-refractivity contribution in [2.24, 2.45) is 4.99 Å². The van der Waals surface area contributed by atoms with Crippen molar-refractivity contribution in [1.29, 1.82) is 0 Å². The second-order valence-electron chi connectivity index (χ2n) is 6.69. The van der Waals surface area contributed by atoms with Crippen molar-refractivity contribution in [2.75, 3.05) is 33.2 Å². The van der Waals surface area contributed by atoms with Crippen LogP contribution in [0.25, 0.3) is 0 Å². The first-order valence-corrected chi connectivity index (χ1v) is 9.70. The summed E-state index contributed by atoms with van der Waals surface area (Å²) in [7, 11) is 1.69. The molecule has 1 aromatic carbocycles. The van der Waals surface area contributed by atoms with Gasteiger partial charge in [-0.15, -0.1) is 24.0 Å². The molecule has 1 aliphatic rings. The Balaban J connectivity index is 0.00000364. The van der Waals surface area contributed by atoms with Crippen molar-refractivity contribution in [3.63, 3.8) is 0 Å². The van der Waals surface area contributed by atoms with E-state index in [0.29, 0.717) is 19.1 Å². The first-order chi connectivity index (χ1) is 12.7. The van der Waals surface area contributed by atoms with Crippen LogP contribution in [0.4, 0.5) is 0 Å². The van der Waals surface area contributed by atoms with Crippen molar-refractivity contribution in [3.8, 4) is 0 Å². The van der Waals surface area contributed by atoms with E-state index in [4.69, 9.17) is 4.99 Å². The number of aryl methyl sites for hydroxylation is 1. The molecule has 0 unspecified atom stereocenters. The second kappa shape index (κ2) is 12.9. The van der Waals surface area contributed by atoms with Crippen LogP contribution in [0.1, 0.15) is 37.8 Å². The molecule has 0 spiro atoms. The highest BCUT2D eigenvalue weighted by Gasteiger charge is 2.21. The molecular weight excluding hydrogens is 453 g/mol. The third-order valence-electron chi connectivity index (χ3n) is 4.83. The van der Waals surface area contributed by atoms with Gasteiger partial charge in [0, 0.05) is 32.7 Å². The monoisotopic (exact) mass is 487 g/mol. The molecule has 27 heavy (non-hydrogen) atoms. The lowest BCUT2D eigenvalue weighted by molar-refractivity contribution is -0.122. The molecule has 0 radical (unpaired) electrons. The number of guanidine groups is 1. The molecule has 1 heterocycles. The minimum atomic E-state index is 0. The van der Waals surface area contributed by atoms with E-state index in [0.717, 1.165) is 44.9 Å². The highest BCUT2D eigenvalue weighted by molar-refractivity contribution is 14.0. The molecule has 1 amide bonds. The van der Waals surface area contributed by atoms with Gasteiger partial charge in [-0.25, -0.2) is 4.99 Å². The van der Waals surface area contributed by atoms with Gasteiger partial charge in [-0.1, -0.05) is 31.2 Å². The Kier molecular flexibility index (Phi) is 11.3. The number of carbonyl (C=O) groups is 1. The minimum absolute atomic E-state index is 0. The van der Waals surface area contributed by atoms with Crippen molar-refractivity contribution in [3.05, 3.63) is 35.4 Å². The molecule has 0 atom stereocenters. The van der Waals surface area contributed by atoms with E-state index in [1.165, 1.54) is 11.1 Å². The first-order valence-electron chi connectivity index (χ1n) is 9.70. The van der Waals surface area contributed by atoms with Crippen LogP contribution in [0.5, 0.6) is 0 Å². The van der Waals surface area contributed by atoms with E-state index in [1.54, 1.807) is 7.05 Å². The molecule has 2 rings (SSSR count). The van der Waals surface area contributed by atoms with E-state index in [1.807, 2.05) is 0 Å². The number of nitrogens with one attached hydrogen (secondary N) is 3. The lowest BCUT2D eigenvalue weighted by atomic mass is 10.1. The normalized spacial score (nSPS) is 15.7. The molecule has 3 N–H and O–H groups in total. The zero-order valence-corrected chi connectivity index (χ0v) is 19.1. The zero-order valence-electron chi connectivity index (χ0n) is 16.8. The molecule has 152 valence electrons. The molecule has 1 saturated heterocycles. The largest absolute Gasteiger partial charge is 0.358 e. The summed E-state index contributed by atoms with van der Waals surface area (Å²) >= 11 is 0. The van der Waals surface area contributed by atoms with Gasteiger partial charge in [0.2, 0.25) is 5.91 Å². The summed E-state index contributed by atoms with van der Waals surface area (Å²) in [5, 5.41) is 9.60. The van der Waals surface area contributed by atoms with Gasteiger partial charge in [0.25, 0.3) is 0 Å². The number of hydrogen-bond acceptors (Lipinski definition) is 3. The third-order valence-corrected chi connectivity index (χ3v) is 4.83. The Bertz CT molecular complexity index is 600. The van der Waals surface area contributed by atoms with E-state index < -0.39 is 0 Å². The zero-order chi connectivity index (χ0) is 18.8. The Hall–Kier alpha value is -1.35. The Labute approximate surface area is 180 Å². The fourth-order valence-electron chi connectivity index (χ4n) is 3.25. The fraction of sp³-hybridized carbons (Fsp3) is 0.600. The van der Waals surface area contributed by atoms with Crippen molar-refractivity contribution < 1.29 is 4.79 Å². The van der Waals surface area contributed by atoms with E-state index in [9.17, 15) is 4.79 Å². The van der Waals surface area contributed by atoms with Crippen LogP contribution in [0.2, 0.25) is 0 Å². The number of halogens is 1. The maximum atomic E-state index is 11.5. The molecule has 0 aromatic heterocycles. The van der Waals surface area contributed by atoms with Gasteiger partial charge < -0.3 is 16.0 Å². The van der Waals surface area contributed by atoms with Gasteiger partial charge in [0.05, 0.1) is 13.1 Å². The minimum Gasteiger partial charge on any atom is -0.358 e. The quantitative estimate of drug-likeness (QED) is 0.313. The Morgan fingerprint density at radius 1 is 1.19 bits per heavy atom. The SMILES string of the molecule is CCNC(=NCc1ccccc1CC)NC1CCN(CC(=O)NC)CC1.I. The second-order valence-corrected chi connectivity index (χ2v) is 6.69. The summed E-state index contributed by atoms with van der Waals surface area (Å²) in [6, 6.07) is 8.89. The number of nitrogens with zero attached hydrogens (tertiary/aromatic N) is 2. The van der Waals surface area contributed by atoms with Crippen LogP contribution < -0.4 is 16.0 Å². The number of aliphatic imine (C=N–C) groups is 1. The first kappa shape index (κ1) is 23.7. The third kappa shape index (κ3) is 8.04. The van der Waals surface area contributed by atoms with Crippen LogP contribution in [0, 0.1) is 0 Å². The molecule has 0 bridgehead atoms. The van der Waals surface area contributed by atoms with Crippen molar-refractivity contribution in [2.45, 2.75) is 45.7 Å².